The molecule has 3 nitrogen and oxygen atoms in total. The summed E-state index contributed by atoms with van der Waals surface area (Å²) in [6, 6.07) is 15.9. The molecule has 4 heteroatoms. The third kappa shape index (κ3) is 3.53. The van der Waals surface area contributed by atoms with E-state index in [1.54, 1.807) is 30.6 Å². The molecule has 0 saturated carbocycles. The molecule has 0 fully saturated rings. The van der Waals surface area contributed by atoms with E-state index in [1.807, 2.05) is 18.3 Å². The number of allylic oxidation sites excluding steroid dienone is 1. The van der Waals surface area contributed by atoms with Gasteiger partial charge in [0.1, 0.15) is 5.82 Å². The van der Waals surface area contributed by atoms with Gasteiger partial charge in [-0.15, -0.1) is 0 Å². The number of imidazole rings is 1. The van der Waals surface area contributed by atoms with Gasteiger partial charge in [-0.05, 0) is 41.8 Å². The molecule has 0 aliphatic heterocycles. The van der Waals surface area contributed by atoms with Gasteiger partial charge >= 0.3 is 0 Å². The largest absolute Gasteiger partial charge is 0.351 e. The Balaban J connectivity index is 1.91. The molecule has 0 saturated heterocycles. The Hall–Kier alpha value is -3.19. The molecule has 23 heavy (non-hydrogen) atoms. The van der Waals surface area contributed by atoms with Gasteiger partial charge < -0.3 is 4.98 Å². The quantitative estimate of drug-likeness (QED) is 0.789. The van der Waals surface area contributed by atoms with Crippen LogP contribution in [0.1, 0.15) is 22.4 Å². The molecule has 0 radical (unpaired) electrons. The fourth-order valence-electron chi connectivity index (χ4n) is 2.34. The van der Waals surface area contributed by atoms with Crippen LogP contribution in [-0.2, 0) is 6.42 Å². The number of rotatable bonds is 4. The van der Waals surface area contributed by atoms with Crippen LogP contribution in [0, 0.1) is 17.1 Å². The molecule has 0 amide bonds. The normalized spacial score (nSPS) is 11.2. The minimum absolute atomic E-state index is 0.262. The van der Waals surface area contributed by atoms with Crippen LogP contribution in [0.25, 0.3) is 5.57 Å². The SMILES string of the molecule is N#Cc1ccc(C/C=C(/c2ccc(F)cc2)c2c[nH]cn2)cc1. The number of nitriles is 1. The molecule has 112 valence electrons. The zero-order valence-corrected chi connectivity index (χ0v) is 12.3. The van der Waals surface area contributed by atoms with Crippen molar-refractivity contribution in [1.29, 1.82) is 5.26 Å². The molecule has 3 aromatic rings. The average Bonchev–Trinajstić information content (AvgIpc) is 3.11. The van der Waals surface area contributed by atoms with Gasteiger partial charge in [-0.3, -0.25) is 0 Å². The van der Waals surface area contributed by atoms with E-state index in [0.717, 1.165) is 22.4 Å². The van der Waals surface area contributed by atoms with Gasteiger partial charge in [0, 0.05) is 11.8 Å². The molecule has 0 aliphatic carbocycles. The molecule has 0 unspecified atom stereocenters. The van der Waals surface area contributed by atoms with Crippen molar-refractivity contribution in [2.45, 2.75) is 6.42 Å². The van der Waals surface area contributed by atoms with Crippen molar-refractivity contribution in [3.8, 4) is 6.07 Å². The maximum Gasteiger partial charge on any atom is 0.123 e. The third-order valence-electron chi connectivity index (χ3n) is 3.55. The van der Waals surface area contributed by atoms with Crippen LogP contribution in [0.4, 0.5) is 4.39 Å². The molecule has 1 aromatic heterocycles. The van der Waals surface area contributed by atoms with E-state index in [2.05, 4.69) is 22.1 Å². The summed E-state index contributed by atoms with van der Waals surface area (Å²) in [6.45, 7) is 0. The first-order valence-corrected chi connectivity index (χ1v) is 7.20. The summed E-state index contributed by atoms with van der Waals surface area (Å²) in [5, 5.41) is 8.84. The van der Waals surface area contributed by atoms with Crippen LogP contribution in [-0.4, -0.2) is 9.97 Å². The number of hydrogen-bond donors (Lipinski definition) is 1. The molecular weight excluding hydrogens is 289 g/mol. The van der Waals surface area contributed by atoms with Gasteiger partial charge in [0.25, 0.3) is 0 Å². The van der Waals surface area contributed by atoms with Crippen molar-refractivity contribution in [2.75, 3.05) is 0 Å². The van der Waals surface area contributed by atoms with Crippen LogP contribution in [0.15, 0.2) is 67.1 Å². The Morgan fingerprint density at radius 1 is 1.13 bits per heavy atom. The number of H-pyrrole nitrogens is 1. The van der Waals surface area contributed by atoms with Crippen molar-refractivity contribution in [3.63, 3.8) is 0 Å². The first-order valence-electron chi connectivity index (χ1n) is 7.20. The highest BCUT2D eigenvalue weighted by atomic mass is 19.1. The molecule has 0 spiro atoms. The van der Waals surface area contributed by atoms with Gasteiger partial charge in [-0.2, -0.15) is 5.26 Å². The zero-order chi connectivity index (χ0) is 16.1. The topological polar surface area (TPSA) is 52.5 Å². The van der Waals surface area contributed by atoms with Crippen molar-refractivity contribution >= 4 is 5.57 Å². The summed E-state index contributed by atoms with van der Waals surface area (Å²) in [5.74, 6) is -0.262. The highest BCUT2D eigenvalue weighted by Crippen LogP contribution is 2.22. The number of aromatic nitrogens is 2. The second-order valence-corrected chi connectivity index (χ2v) is 5.09. The standard InChI is InChI=1S/C19H14FN3/c20-17-8-6-16(7-9-17)18(19-12-22-13-23-19)10-5-14-1-3-15(11-21)4-2-14/h1-4,6-10,12-13H,5H2,(H,22,23)/b18-10-. The smallest absolute Gasteiger partial charge is 0.123 e. The summed E-state index contributed by atoms with van der Waals surface area (Å²) < 4.78 is 13.1. The lowest BCUT2D eigenvalue weighted by Gasteiger charge is -2.06. The fraction of sp³-hybridized carbons (Fsp3) is 0.0526. The number of hydrogen-bond acceptors (Lipinski definition) is 2. The molecule has 2 aromatic carbocycles. The van der Waals surface area contributed by atoms with E-state index in [9.17, 15) is 4.39 Å². The summed E-state index contributed by atoms with van der Waals surface area (Å²) in [4.78, 5) is 7.24. The van der Waals surface area contributed by atoms with Crippen molar-refractivity contribution in [1.82, 2.24) is 9.97 Å². The van der Waals surface area contributed by atoms with Crippen molar-refractivity contribution < 1.29 is 4.39 Å². The highest BCUT2D eigenvalue weighted by Gasteiger charge is 2.07. The van der Waals surface area contributed by atoms with Crippen LogP contribution in [0.5, 0.6) is 0 Å². The van der Waals surface area contributed by atoms with Crippen LogP contribution in [0.2, 0.25) is 0 Å². The number of nitrogens with one attached hydrogen (secondary N) is 1. The Kier molecular flexibility index (Phi) is 4.30. The molecule has 0 bridgehead atoms. The summed E-state index contributed by atoms with van der Waals surface area (Å²) in [6.07, 6.45) is 6.19. The minimum atomic E-state index is -0.262. The van der Waals surface area contributed by atoms with E-state index in [-0.39, 0.29) is 5.82 Å². The van der Waals surface area contributed by atoms with Gasteiger partial charge in [-0.25, -0.2) is 9.37 Å². The number of halogens is 1. The summed E-state index contributed by atoms with van der Waals surface area (Å²) in [7, 11) is 0. The lowest BCUT2D eigenvalue weighted by atomic mass is 10.00. The second kappa shape index (κ2) is 6.71. The van der Waals surface area contributed by atoms with Crippen LogP contribution < -0.4 is 0 Å². The number of aromatic amines is 1. The Bertz CT molecular complexity index is 839. The van der Waals surface area contributed by atoms with Crippen molar-refractivity contribution in [2.24, 2.45) is 0 Å². The molecule has 0 atom stereocenters. The zero-order valence-electron chi connectivity index (χ0n) is 12.3. The van der Waals surface area contributed by atoms with Gasteiger partial charge in [0.05, 0.1) is 23.7 Å². The number of nitrogens with zero attached hydrogens (tertiary/aromatic N) is 2. The lowest BCUT2D eigenvalue weighted by molar-refractivity contribution is 0.627. The predicted octanol–water partition coefficient (Wildman–Crippen LogP) is 4.09. The van der Waals surface area contributed by atoms with Crippen molar-refractivity contribution in [3.05, 3.63) is 95.3 Å². The summed E-state index contributed by atoms with van der Waals surface area (Å²) in [5.41, 5.74) is 4.40. The first kappa shape index (κ1) is 14.7. The van der Waals surface area contributed by atoms with E-state index in [1.165, 1.54) is 12.1 Å². The Morgan fingerprint density at radius 2 is 1.87 bits per heavy atom. The Labute approximate surface area is 133 Å². The van der Waals surface area contributed by atoms with Crippen LogP contribution in [0.3, 0.4) is 0 Å². The third-order valence-corrected chi connectivity index (χ3v) is 3.55. The van der Waals surface area contributed by atoms with Gasteiger partial charge in [0.2, 0.25) is 0 Å². The van der Waals surface area contributed by atoms with E-state index in [4.69, 9.17) is 5.26 Å². The average molecular weight is 303 g/mol. The lowest BCUT2D eigenvalue weighted by Crippen LogP contribution is -1.91. The second-order valence-electron chi connectivity index (χ2n) is 5.09. The van der Waals surface area contributed by atoms with Crippen LogP contribution >= 0.6 is 0 Å². The highest BCUT2D eigenvalue weighted by molar-refractivity contribution is 5.77. The number of benzene rings is 2. The predicted molar refractivity (Wildman–Crippen MR) is 86.9 cm³/mol. The maximum absolute atomic E-state index is 13.1. The first-order chi connectivity index (χ1) is 11.3. The molecule has 1 heterocycles. The Morgan fingerprint density at radius 3 is 2.48 bits per heavy atom. The molecule has 3 rings (SSSR count). The monoisotopic (exact) mass is 303 g/mol. The van der Waals surface area contributed by atoms with E-state index < -0.39 is 0 Å². The molecule has 0 aliphatic rings. The van der Waals surface area contributed by atoms with Gasteiger partial charge in [-0.1, -0.05) is 30.3 Å². The molecular formula is C19H14FN3. The minimum Gasteiger partial charge on any atom is -0.351 e. The van der Waals surface area contributed by atoms with Gasteiger partial charge in [0.15, 0.2) is 0 Å². The van der Waals surface area contributed by atoms with E-state index >= 15 is 0 Å². The maximum atomic E-state index is 13.1. The van der Waals surface area contributed by atoms with E-state index in [0.29, 0.717) is 12.0 Å². The fourth-order valence-corrected chi connectivity index (χ4v) is 2.34. The molecule has 1 N–H and O–H groups in total. The summed E-state index contributed by atoms with van der Waals surface area (Å²) >= 11 is 0.